The average molecular weight is 263 g/mol. The fourth-order valence-corrected chi connectivity index (χ4v) is 1.97. The molecule has 0 aliphatic heterocycles. The minimum absolute atomic E-state index is 0.293. The van der Waals surface area contributed by atoms with Crippen LogP contribution in [0.4, 0.5) is 16.6 Å². The first kappa shape index (κ1) is 12.3. The number of nitrogens with one attached hydrogen (secondary N) is 1. The van der Waals surface area contributed by atoms with Crippen LogP contribution in [0.3, 0.4) is 0 Å². The van der Waals surface area contributed by atoms with Crippen LogP contribution in [0, 0.1) is 0 Å². The van der Waals surface area contributed by atoms with Crippen LogP contribution in [0.15, 0.2) is 23.7 Å². The van der Waals surface area contributed by atoms with Gasteiger partial charge in [-0.15, -0.1) is 11.3 Å². The van der Waals surface area contributed by atoms with Gasteiger partial charge in [-0.2, -0.15) is 0 Å². The summed E-state index contributed by atoms with van der Waals surface area (Å²) < 4.78 is 0. The zero-order valence-corrected chi connectivity index (χ0v) is 10.9. The van der Waals surface area contributed by atoms with Crippen LogP contribution in [0.5, 0.6) is 0 Å². The van der Waals surface area contributed by atoms with Crippen molar-refractivity contribution in [3.8, 4) is 0 Å². The van der Waals surface area contributed by atoms with Gasteiger partial charge in [0, 0.05) is 25.7 Å². The number of nitrogen functional groups attached to an aromatic ring is 1. The summed E-state index contributed by atoms with van der Waals surface area (Å²) in [6, 6.07) is 3.55. The van der Waals surface area contributed by atoms with E-state index in [-0.39, 0.29) is 5.91 Å². The van der Waals surface area contributed by atoms with Crippen molar-refractivity contribution < 1.29 is 4.79 Å². The Labute approximate surface area is 108 Å². The van der Waals surface area contributed by atoms with Gasteiger partial charge in [0.2, 0.25) is 0 Å². The second-order valence-electron chi connectivity index (χ2n) is 3.79. The Kier molecular flexibility index (Phi) is 3.42. The number of rotatable bonds is 3. The minimum atomic E-state index is -0.293. The number of hydrogen-bond donors (Lipinski definition) is 2. The first-order chi connectivity index (χ1) is 8.58. The van der Waals surface area contributed by atoms with Gasteiger partial charge in [-0.3, -0.25) is 4.79 Å². The van der Waals surface area contributed by atoms with E-state index >= 15 is 0 Å². The Bertz CT molecular complexity index is 566. The molecule has 6 nitrogen and oxygen atoms in total. The van der Waals surface area contributed by atoms with Gasteiger partial charge < -0.3 is 16.0 Å². The van der Waals surface area contributed by atoms with Crippen LogP contribution in [-0.2, 0) is 0 Å². The summed E-state index contributed by atoms with van der Waals surface area (Å²) in [6.45, 7) is 0. The van der Waals surface area contributed by atoms with Gasteiger partial charge in [0.15, 0.2) is 10.9 Å². The summed E-state index contributed by atoms with van der Waals surface area (Å²) in [6.07, 6.45) is 1.67. The molecule has 0 spiro atoms. The van der Waals surface area contributed by atoms with Crippen molar-refractivity contribution >= 4 is 33.9 Å². The molecule has 0 saturated heterocycles. The van der Waals surface area contributed by atoms with E-state index in [0.29, 0.717) is 22.3 Å². The lowest BCUT2D eigenvalue weighted by molar-refractivity contribution is 0.102. The summed E-state index contributed by atoms with van der Waals surface area (Å²) in [5.41, 5.74) is 6.44. The molecule has 0 aliphatic rings. The molecule has 0 unspecified atom stereocenters. The van der Waals surface area contributed by atoms with Crippen molar-refractivity contribution in [2.45, 2.75) is 0 Å². The molecular weight excluding hydrogens is 250 g/mol. The third-order valence-corrected chi connectivity index (χ3v) is 2.89. The molecule has 0 radical (unpaired) electrons. The molecule has 2 heterocycles. The number of carbonyl (C=O) groups excluding carboxylic acids is 1. The first-order valence-corrected chi connectivity index (χ1v) is 6.10. The largest absolute Gasteiger partial charge is 0.375 e. The predicted octanol–water partition coefficient (Wildman–Crippen LogP) is 1.44. The Morgan fingerprint density at radius 1 is 1.50 bits per heavy atom. The SMILES string of the molecule is CN(C)c1ncccc1NC(=O)c1csc(N)n1. The molecular formula is C11H13N5OS. The van der Waals surface area contributed by atoms with Gasteiger partial charge in [-0.25, -0.2) is 9.97 Å². The van der Waals surface area contributed by atoms with Gasteiger partial charge in [0.05, 0.1) is 5.69 Å². The summed E-state index contributed by atoms with van der Waals surface area (Å²) in [7, 11) is 3.72. The molecule has 2 aromatic rings. The number of nitrogens with zero attached hydrogens (tertiary/aromatic N) is 3. The Morgan fingerprint density at radius 2 is 2.28 bits per heavy atom. The average Bonchev–Trinajstić information content (AvgIpc) is 2.76. The highest BCUT2D eigenvalue weighted by Crippen LogP contribution is 2.21. The Balaban J connectivity index is 2.22. The molecule has 0 aliphatic carbocycles. The maximum Gasteiger partial charge on any atom is 0.275 e. The molecule has 2 aromatic heterocycles. The summed E-state index contributed by atoms with van der Waals surface area (Å²) >= 11 is 1.23. The lowest BCUT2D eigenvalue weighted by Crippen LogP contribution is -2.18. The normalized spacial score (nSPS) is 10.1. The molecule has 3 N–H and O–H groups in total. The van der Waals surface area contributed by atoms with Gasteiger partial charge in [-0.05, 0) is 12.1 Å². The highest BCUT2D eigenvalue weighted by atomic mass is 32.1. The van der Waals surface area contributed by atoms with Crippen LogP contribution < -0.4 is 16.0 Å². The van der Waals surface area contributed by atoms with Crippen LogP contribution in [0.25, 0.3) is 0 Å². The molecule has 1 amide bonds. The molecule has 0 aromatic carbocycles. The van der Waals surface area contributed by atoms with Crippen LogP contribution >= 0.6 is 11.3 Å². The highest BCUT2D eigenvalue weighted by Gasteiger charge is 2.13. The van der Waals surface area contributed by atoms with Crippen LogP contribution in [0.1, 0.15) is 10.5 Å². The zero-order chi connectivity index (χ0) is 13.1. The maximum atomic E-state index is 11.9. The number of nitrogens with two attached hydrogens (primary N) is 1. The Hall–Kier alpha value is -2.15. The third-order valence-electron chi connectivity index (χ3n) is 2.21. The smallest absolute Gasteiger partial charge is 0.275 e. The van der Waals surface area contributed by atoms with Gasteiger partial charge in [0.25, 0.3) is 5.91 Å². The molecule has 7 heteroatoms. The second-order valence-corrected chi connectivity index (χ2v) is 4.68. The molecule has 94 valence electrons. The number of carbonyl (C=O) groups is 1. The number of anilines is 3. The standard InChI is InChI=1S/C11H13N5OS/c1-16(2)9-7(4-3-5-13-9)14-10(17)8-6-18-11(12)15-8/h3-6H,1-2H3,(H2,12,15)(H,14,17). The maximum absolute atomic E-state index is 11.9. The van der Waals surface area contributed by atoms with Crippen LogP contribution in [-0.4, -0.2) is 30.0 Å². The zero-order valence-electron chi connectivity index (χ0n) is 10.0. The van der Waals surface area contributed by atoms with E-state index in [9.17, 15) is 4.79 Å². The summed E-state index contributed by atoms with van der Waals surface area (Å²) in [5.74, 6) is 0.396. The minimum Gasteiger partial charge on any atom is -0.375 e. The van der Waals surface area contributed by atoms with Crippen molar-refractivity contribution in [2.75, 3.05) is 30.0 Å². The quantitative estimate of drug-likeness (QED) is 0.875. The topological polar surface area (TPSA) is 84.1 Å². The molecule has 18 heavy (non-hydrogen) atoms. The first-order valence-electron chi connectivity index (χ1n) is 5.22. The van der Waals surface area contributed by atoms with E-state index in [1.165, 1.54) is 11.3 Å². The van der Waals surface area contributed by atoms with Crippen molar-refractivity contribution in [2.24, 2.45) is 0 Å². The molecule has 2 rings (SSSR count). The number of pyridine rings is 1. The lowest BCUT2D eigenvalue weighted by atomic mass is 10.3. The fraction of sp³-hybridized carbons (Fsp3) is 0.182. The van der Waals surface area contributed by atoms with E-state index < -0.39 is 0 Å². The van der Waals surface area contributed by atoms with Gasteiger partial charge >= 0.3 is 0 Å². The highest BCUT2D eigenvalue weighted by molar-refractivity contribution is 7.13. The number of aromatic nitrogens is 2. The van der Waals surface area contributed by atoms with E-state index in [1.807, 2.05) is 19.0 Å². The summed E-state index contributed by atoms with van der Waals surface area (Å²) in [4.78, 5) is 21.9. The van der Waals surface area contributed by atoms with E-state index in [4.69, 9.17) is 5.73 Å². The molecule has 0 saturated carbocycles. The summed E-state index contributed by atoms with van der Waals surface area (Å²) in [5, 5.41) is 4.76. The number of thiazole rings is 1. The number of amides is 1. The van der Waals surface area contributed by atoms with Crippen LogP contribution in [0.2, 0.25) is 0 Å². The monoisotopic (exact) mass is 263 g/mol. The fourth-order valence-electron chi connectivity index (χ4n) is 1.43. The van der Waals surface area contributed by atoms with Gasteiger partial charge in [0.1, 0.15) is 5.69 Å². The number of hydrogen-bond acceptors (Lipinski definition) is 6. The third kappa shape index (κ3) is 2.57. The van der Waals surface area contributed by atoms with Gasteiger partial charge in [-0.1, -0.05) is 0 Å². The van der Waals surface area contributed by atoms with Crippen molar-refractivity contribution in [1.82, 2.24) is 9.97 Å². The van der Waals surface area contributed by atoms with E-state index in [2.05, 4.69) is 15.3 Å². The predicted molar refractivity (Wildman–Crippen MR) is 73.0 cm³/mol. The van der Waals surface area contributed by atoms with Crippen molar-refractivity contribution in [1.29, 1.82) is 0 Å². The Morgan fingerprint density at radius 3 is 2.89 bits per heavy atom. The van der Waals surface area contributed by atoms with Crippen molar-refractivity contribution in [3.05, 3.63) is 29.4 Å². The molecule has 0 atom stereocenters. The van der Waals surface area contributed by atoms with Crippen molar-refractivity contribution in [3.63, 3.8) is 0 Å². The van der Waals surface area contributed by atoms with E-state index in [0.717, 1.165) is 0 Å². The second kappa shape index (κ2) is 5.01. The molecule has 0 fully saturated rings. The van der Waals surface area contributed by atoms with E-state index in [1.54, 1.807) is 23.7 Å². The molecule has 0 bridgehead atoms. The lowest BCUT2D eigenvalue weighted by Gasteiger charge is -2.15.